The van der Waals surface area contributed by atoms with E-state index in [0.717, 1.165) is 16.5 Å². The molecular weight excluding hydrogens is 338 g/mol. The summed E-state index contributed by atoms with van der Waals surface area (Å²) >= 11 is 0. The smallest absolute Gasteiger partial charge is 0.201 e. The van der Waals surface area contributed by atoms with Crippen LogP contribution < -0.4 is 0 Å². The van der Waals surface area contributed by atoms with Crippen LogP contribution in [0.5, 0.6) is 0 Å². The van der Waals surface area contributed by atoms with E-state index >= 15 is 0 Å². The Morgan fingerprint density at radius 3 is 2.48 bits per heavy atom. The Morgan fingerprint density at radius 1 is 1.00 bits per heavy atom. The molecule has 1 aromatic heterocycles. The molecular formula is C19H13NO4S. The molecule has 2 heterocycles. The number of aryl methyl sites for hydroxylation is 1. The largest absolute Gasteiger partial charge is 0.355 e. The summed E-state index contributed by atoms with van der Waals surface area (Å²) in [5, 5.41) is 4.92. The van der Waals surface area contributed by atoms with Gasteiger partial charge >= 0.3 is 0 Å². The molecule has 0 N–H and O–H groups in total. The van der Waals surface area contributed by atoms with Crippen molar-refractivity contribution in [3.8, 4) is 11.3 Å². The first-order valence-corrected chi connectivity index (χ1v) is 9.15. The highest BCUT2D eigenvalue weighted by Crippen LogP contribution is 2.33. The number of carbonyl (C=O) groups is 1. The van der Waals surface area contributed by atoms with Crippen LogP contribution in [-0.4, -0.2) is 19.4 Å². The number of sulfone groups is 1. The maximum absolute atomic E-state index is 12.7. The fourth-order valence-electron chi connectivity index (χ4n) is 2.75. The summed E-state index contributed by atoms with van der Waals surface area (Å²) in [7, 11) is -3.70. The van der Waals surface area contributed by atoms with Gasteiger partial charge in [-0.15, -0.1) is 0 Å². The van der Waals surface area contributed by atoms with E-state index < -0.39 is 15.6 Å². The number of rotatable bonds is 2. The van der Waals surface area contributed by atoms with Gasteiger partial charge in [0.1, 0.15) is 5.69 Å². The highest BCUT2D eigenvalue weighted by molar-refractivity contribution is 7.94. The molecule has 0 bridgehead atoms. The summed E-state index contributed by atoms with van der Waals surface area (Å²) in [6.07, 6.45) is 0. The average Bonchev–Trinajstić information content (AvgIpc) is 3.09. The summed E-state index contributed by atoms with van der Waals surface area (Å²) in [5.74, 6) is -0.254. The first kappa shape index (κ1) is 15.5. The van der Waals surface area contributed by atoms with Crippen LogP contribution in [-0.2, 0) is 9.84 Å². The number of aromatic nitrogens is 1. The molecule has 0 amide bonds. The normalized spacial score (nSPS) is 15.6. The van der Waals surface area contributed by atoms with Crippen LogP contribution in [0, 0.1) is 6.92 Å². The van der Waals surface area contributed by atoms with Crippen LogP contribution in [0.2, 0.25) is 0 Å². The van der Waals surface area contributed by atoms with Gasteiger partial charge in [-0.3, -0.25) is 4.79 Å². The van der Waals surface area contributed by atoms with Gasteiger partial charge in [-0.05, 0) is 19.1 Å². The van der Waals surface area contributed by atoms with Crippen LogP contribution in [0.25, 0.3) is 16.8 Å². The molecule has 3 aromatic rings. The van der Waals surface area contributed by atoms with E-state index in [1.807, 2.05) is 31.2 Å². The minimum Gasteiger partial charge on any atom is -0.355 e. The lowest BCUT2D eigenvalue weighted by Gasteiger charge is -2.13. The van der Waals surface area contributed by atoms with E-state index in [-0.39, 0.29) is 21.8 Å². The highest BCUT2D eigenvalue weighted by Gasteiger charge is 2.32. The maximum atomic E-state index is 12.7. The molecule has 0 saturated heterocycles. The van der Waals surface area contributed by atoms with Gasteiger partial charge in [0.2, 0.25) is 9.84 Å². The van der Waals surface area contributed by atoms with Gasteiger partial charge in [0.05, 0.1) is 15.9 Å². The maximum Gasteiger partial charge on any atom is 0.201 e. The molecule has 0 unspecified atom stereocenters. The monoisotopic (exact) mass is 351 g/mol. The number of ketones is 1. The van der Waals surface area contributed by atoms with Gasteiger partial charge in [0.25, 0.3) is 0 Å². The number of hydrogen-bond acceptors (Lipinski definition) is 5. The second-order valence-electron chi connectivity index (χ2n) is 5.84. The summed E-state index contributed by atoms with van der Waals surface area (Å²) in [6, 6.07) is 15.4. The van der Waals surface area contributed by atoms with Gasteiger partial charge in [-0.2, -0.15) is 0 Å². The van der Waals surface area contributed by atoms with Gasteiger partial charge < -0.3 is 4.52 Å². The van der Waals surface area contributed by atoms with Crippen molar-refractivity contribution in [1.29, 1.82) is 0 Å². The third-order valence-electron chi connectivity index (χ3n) is 4.08. The lowest BCUT2D eigenvalue weighted by atomic mass is 10.0. The fraction of sp³-hybridized carbons (Fsp3) is 0.0526. The minimum absolute atomic E-state index is 0.00967. The Bertz CT molecular complexity index is 1120. The van der Waals surface area contributed by atoms with Crippen molar-refractivity contribution in [1.82, 2.24) is 5.16 Å². The standard InChI is InChI=1S/C19H13NO4S/c1-12-6-8-13(9-7-12)16-10-17(24-20-16)15-11-25(22,23)18-5-3-2-4-14(18)19(15)21/h2-11H,1H3. The van der Waals surface area contributed by atoms with E-state index in [1.54, 1.807) is 18.2 Å². The summed E-state index contributed by atoms with van der Waals surface area (Å²) < 4.78 is 30.1. The molecule has 5 nitrogen and oxygen atoms in total. The molecule has 0 aliphatic carbocycles. The topological polar surface area (TPSA) is 77.2 Å². The molecule has 25 heavy (non-hydrogen) atoms. The van der Waals surface area contributed by atoms with Crippen LogP contribution >= 0.6 is 0 Å². The first-order chi connectivity index (χ1) is 12.0. The van der Waals surface area contributed by atoms with Crippen LogP contribution in [0.1, 0.15) is 21.7 Å². The SMILES string of the molecule is Cc1ccc(-c2cc(C3=CS(=O)(=O)c4ccccc4C3=O)on2)cc1. The fourth-order valence-corrected chi connectivity index (χ4v) is 4.15. The zero-order chi connectivity index (χ0) is 17.6. The molecule has 6 heteroatoms. The Balaban J connectivity index is 1.80. The zero-order valence-corrected chi connectivity index (χ0v) is 14.1. The van der Waals surface area contributed by atoms with E-state index in [2.05, 4.69) is 5.16 Å². The summed E-state index contributed by atoms with van der Waals surface area (Å²) in [4.78, 5) is 12.7. The van der Waals surface area contributed by atoms with E-state index in [1.165, 1.54) is 12.1 Å². The summed E-state index contributed by atoms with van der Waals surface area (Å²) in [6.45, 7) is 1.98. The van der Waals surface area contributed by atoms with Crippen molar-refractivity contribution in [3.63, 3.8) is 0 Å². The van der Waals surface area contributed by atoms with Crippen molar-refractivity contribution in [2.24, 2.45) is 0 Å². The average molecular weight is 351 g/mol. The van der Waals surface area contributed by atoms with Crippen LogP contribution in [0.3, 0.4) is 0 Å². The third kappa shape index (κ3) is 2.60. The van der Waals surface area contributed by atoms with E-state index in [4.69, 9.17) is 4.52 Å². The van der Waals surface area contributed by atoms with Gasteiger partial charge in [-0.1, -0.05) is 47.1 Å². The van der Waals surface area contributed by atoms with Crippen molar-refractivity contribution in [2.75, 3.05) is 0 Å². The summed E-state index contributed by atoms with van der Waals surface area (Å²) in [5.41, 5.74) is 2.62. The number of hydrogen-bond donors (Lipinski definition) is 0. The van der Waals surface area contributed by atoms with E-state index in [9.17, 15) is 13.2 Å². The molecule has 0 radical (unpaired) electrons. The Hall–Kier alpha value is -2.99. The van der Waals surface area contributed by atoms with Crippen molar-refractivity contribution in [2.45, 2.75) is 11.8 Å². The number of Topliss-reactive ketones (excluding diaryl/α,β-unsaturated/α-hetero) is 1. The Labute approximate surface area is 144 Å². The quantitative estimate of drug-likeness (QED) is 0.704. The second kappa shape index (κ2) is 5.53. The molecule has 0 spiro atoms. The lowest BCUT2D eigenvalue weighted by Crippen LogP contribution is -2.15. The van der Waals surface area contributed by atoms with Crippen LogP contribution in [0.15, 0.2) is 69.4 Å². The molecule has 1 aliphatic rings. The molecule has 1 aliphatic heterocycles. The number of nitrogens with zero attached hydrogens (tertiary/aromatic N) is 1. The van der Waals surface area contributed by atoms with Crippen molar-refractivity contribution < 1.29 is 17.7 Å². The lowest BCUT2D eigenvalue weighted by molar-refractivity contribution is 0.105. The third-order valence-corrected chi connectivity index (χ3v) is 5.59. The van der Waals surface area contributed by atoms with Gasteiger partial charge in [-0.25, -0.2) is 8.42 Å². The van der Waals surface area contributed by atoms with Gasteiger partial charge in [0.15, 0.2) is 11.5 Å². The molecule has 0 fully saturated rings. The van der Waals surface area contributed by atoms with Crippen molar-refractivity contribution in [3.05, 3.63) is 76.9 Å². The predicted octanol–water partition coefficient (Wildman–Crippen LogP) is 3.66. The molecule has 0 atom stereocenters. The first-order valence-electron chi connectivity index (χ1n) is 7.60. The Morgan fingerprint density at radius 2 is 1.72 bits per heavy atom. The number of benzene rings is 2. The molecule has 0 saturated carbocycles. The predicted molar refractivity (Wildman–Crippen MR) is 92.6 cm³/mol. The number of carbonyl (C=O) groups excluding carboxylic acids is 1. The molecule has 4 rings (SSSR count). The van der Waals surface area contributed by atoms with Crippen LogP contribution in [0.4, 0.5) is 0 Å². The zero-order valence-electron chi connectivity index (χ0n) is 13.3. The van der Waals surface area contributed by atoms with Crippen molar-refractivity contribution >= 4 is 21.2 Å². The second-order valence-corrected chi connectivity index (χ2v) is 7.61. The minimum atomic E-state index is -3.70. The van der Waals surface area contributed by atoms with Gasteiger partial charge in [0, 0.05) is 17.2 Å². The highest BCUT2D eigenvalue weighted by atomic mass is 32.2. The molecule has 124 valence electrons. The Kier molecular flexibility index (Phi) is 3.43. The number of fused-ring (bicyclic) bond motifs is 1. The van der Waals surface area contributed by atoms with E-state index in [0.29, 0.717) is 5.69 Å². The molecule has 2 aromatic carbocycles. The number of allylic oxidation sites excluding steroid dienone is 1.